The molecular formula is C17H22N2O2. The van der Waals surface area contributed by atoms with Gasteiger partial charge >= 0.3 is 0 Å². The second kappa shape index (κ2) is 6.98. The molecule has 0 radical (unpaired) electrons. The van der Waals surface area contributed by atoms with Crippen LogP contribution in [0.5, 0.6) is 0 Å². The van der Waals surface area contributed by atoms with Gasteiger partial charge in [0.05, 0.1) is 13.2 Å². The van der Waals surface area contributed by atoms with Crippen LogP contribution in [0.1, 0.15) is 31.4 Å². The minimum Gasteiger partial charge on any atom is -0.350 e. The lowest BCUT2D eigenvalue weighted by Crippen LogP contribution is -2.27. The fourth-order valence-electron chi connectivity index (χ4n) is 2.79. The summed E-state index contributed by atoms with van der Waals surface area (Å²) in [5, 5.41) is 6.03. The Morgan fingerprint density at radius 1 is 1.24 bits per heavy atom. The van der Waals surface area contributed by atoms with Crippen molar-refractivity contribution >= 4 is 10.8 Å². The van der Waals surface area contributed by atoms with E-state index in [1.807, 2.05) is 18.5 Å². The van der Waals surface area contributed by atoms with Crippen LogP contribution in [0, 0.1) is 0 Å². The Labute approximate surface area is 125 Å². The van der Waals surface area contributed by atoms with Crippen LogP contribution in [0.15, 0.2) is 36.7 Å². The first-order chi connectivity index (χ1) is 10.4. The quantitative estimate of drug-likeness (QED) is 0.886. The van der Waals surface area contributed by atoms with Crippen molar-refractivity contribution in [3.05, 3.63) is 42.2 Å². The summed E-state index contributed by atoms with van der Waals surface area (Å²) in [7, 11) is 0. The molecule has 1 atom stereocenters. The van der Waals surface area contributed by atoms with E-state index in [0.717, 1.165) is 19.4 Å². The largest absolute Gasteiger partial charge is 0.350 e. The van der Waals surface area contributed by atoms with Crippen LogP contribution in [0.25, 0.3) is 10.8 Å². The topological polar surface area (TPSA) is 43.4 Å². The van der Waals surface area contributed by atoms with Crippen molar-refractivity contribution in [2.75, 3.05) is 19.8 Å². The van der Waals surface area contributed by atoms with Crippen molar-refractivity contribution in [3.8, 4) is 0 Å². The highest BCUT2D eigenvalue weighted by molar-refractivity contribution is 5.85. The number of hydrogen-bond acceptors (Lipinski definition) is 4. The first-order valence-electron chi connectivity index (χ1n) is 7.67. The Hall–Kier alpha value is -1.49. The Bertz CT molecular complexity index is 577. The van der Waals surface area contributed by atoms with Gasteiger partial charge in [-0.25, -0.2) is 0 Å². The van der Waals surface area contributed by atoms with E-state index < -0.39 is 0 Å². The minimum atomic E-state index is -0.113. The molecule has 3 rings (SSSR count). The summed E-state index contributed by atoms with van der Waals surface area (Å²) in [6, 6.07) is 8.58. The van der Waals surface area contributed by atoms with Gasteiger partial charge in [-0.15, -0.1) is 0 Å². The van der Waals surface area contributed by atoms with Crippen molar-refractivity contribution in [2.24, 2.45) is 0 Å². The third-order valence-electron chi connectivity index (χ3n) is 3.83. The summed E-state index contributed by atoms with van der Waals surface area (Å²) in [6.07, 6.45) is 5.68. The van der Waals surface area contributed by atoms with Gasteiger partial charge in [0.2, 0.25) is 0 Å². The van der Waals surface area contributed by atoms with Crippen LogP contribution >= 0.6 is 0 Å². The second-order valence-electron chi connectivity index (χ2n) is 5.36. The van der Waals surface area contributed by atoms with E-state index in [1.165, 1.54) is 16.3 Å². The zero-order chi connectivity index (χ0) is 14.5. The van der Waals surface area contributed by atoms with E-state index in [0.29, 0.717) is 13.2 Å². The highest BCUT2D eigenvalue weighted by atomic mass is 16.7. The van der Waals surface area contributed by atoms with E-state index in [-0.39, 0.29) is 12.3 Å². The van der Waals surface area contributed by atoms with E-state index in [1.54, 1.807) is 0 Å². The Morgan fingerprint density at radius 3 is 2.86 bits per heavy atom. The number of nitrogens with one attached hydrogen (secondary N) is 1. The van der Waals surface area contributed by atoms with E-state index in [9.17, 15) is 0 Å². The molecule has 0 aliphatic carbocycles. The summed E-state index contributed by atoms with van der Waals surface area (Å²) >= 11 is 0. The lowest BCUT2D eigenvalue weighted by Gasteiger charge is -2.22. The molecule has 1 unspecified atom stereocenters. The standard InChI is InChI=1S/C17H22N2O2/c1-2-7-19-16(10-17-20-8-9-21-17)15-12-18-11-13-5-3-4-6-14(13)15/h3-6,11-12,16-17,19H,2,7-10H2,1H3. The van der Waals surface area contributed by atoms with Crippen LogP contribution in [0.2, 0.25) is 0 Å². The molecule has 21 heavy (non-hydrogen) atoms. The third-order valence-corrected chi connectivity index (χ3v) is 3.83. The van der Waals surface area contributed by atoms with E-state index >= 15 is 0 Å². The smallest absolute Gasteiger partial charge is 0.159 e. The highest BCUT2D eigenvalue weighted by Gasteiger charge is 2.23. The molecule has 2 aromatic rings. The van der Waals surface area contributed by atoms with Crippen LogP contribution in [-0.4, -0.2) is 31.0 Å². The molecule has 4 nitrogen and oxygen atoms in total. The van der Waals surface area contributed by atoms with Gasteiger partial charge in [0.25, 0.3) is 0 Å². The van der Waals surface area contributed by atoms with E-state index in [4.69, 9.17) is 9.47 Å². The number of hydrogen-bond donors (Lipinski definition) is 1. The van der Waals surface area contributed by atoms with Gasteiger partial charge in [0.1, 0.15) is 0 Å². The Balaban J connectivity index is 1.89. The average molecular weight is 286 g/mol. The summed E-state index contributed by atoms with van der Waals surface area (Å²) in [5.74, 6) is 0. The molecular weight excluding hydrogens is 264 g/mol. The molecule has 1 aliphatic rings. The first kappa shape index (κ1) is 14.4. The summed E-state index contributed by atoms with van der Waals surface area (Å²) < 4.78 is 11.2. The molecule has 0 spiro atoms. The number of fused-ring (bicyclic) bond motifs is 1. The summed E-state index contributed by atoms with van der Waals surface area (Å²) in [5.41, 5.74) is 1.22. The zero-order valence-electron chi connectivity index (χ0n) is 12.4. The fourth-order valence-corrected chi connectivity index (χ4v) is 2.79. The van der Waals surface area contributed by atoms with Crippen molar-refractivity contribution < 1.29 is 9.47 Å². The van der Waals surface area contributed by atoms with Crippen molar-refractivity contribution in [1.82, 2.24) is 10.3 Å². The molecule has 1 fully saturated rings. The molecule has 1 aromatic heterocycles. The minimum absolute atomic E-state index is 0.113. The number of rotatable bonds is 6. The molecule has 0 saturated carbocycles. The van der Waals surface area contributed by atoms with Crippen molar-refractivity contribution in [1.29, 1.82) is 0 Å². The van der Waals surface area contributed by atoms with Gasteiger partial charge in [-0.05, 0) is 23.9 Å². The molecule has 1 aromatic carbocycles. The van der Waals surface area contributed by atoms with Crippen LogP contribution in [-0.2, 0) is 9.47 Å². The monoisotopic (exact) mass is 286 g/mol. The zero-order valence-corrected chi connectivity index (χ0v) is 12.4. The van der Waals surface area contributed by atoms with Gasteiger partial charge < -0.3 is 14.8 Å². The lowest BCUT2D eigenvalue weighted by atomic mass is 9.99. The Kier molecular flexibility index (Phi) is 4.80. The van der Waals surface area contributed by atoms with Gasteiger partial charge in [-0.2, -0.15) is 0 Å². The van der Waals surface area contributed by atoms with Crippen molar-refractivity contribution in [2.45, 2.75) is 32.1 Å². The predicted octanol–water partition coefficient (Wildman–Crippen LogP) is 3.04. The molecule has 1 saturated heterocycles. The molecule has 4 heteroatoms. The van der Waals surface area contributed by atoms with Crippen molar-refractivity contribution in [3.63, 3.8) is 0 Å². The number of aromatic nitrogens is 1. The normalized spacial score (nSPS) is 17.4. The maximum Gasteiger partial charge on any atom is 0.159 e. The maximum absolute atomic E-state index is 5.61. The summed E-state index contributed by atoms with van der Waals surface area (Å²) in [6.45, 7) is 4.53. The predicted molar refractivity (Wildman–Crippen MR) is 83.1 cm³/mol. The fraction of sp³-hybridized carbons (Fsp3) is 0.471. The van der Waals surface area contributed by atoms with E-state index in [2.05, 4.69) is 35.4 Å². The molecule has 0 bridgehead atoms. The molecule has 112 valence electrons. The number of nitrogens with zero attached hydrogens (tertiary/aromatic N) is 1. The number of benzene rings is 1. The van der Waals surface area contributed by atoms with Crippen LogP contribution in [0.3, 0.4) is 0 Å². The molecule has 1 N–H and O–H groups in total. The van der Waals surface area contributed by atoms with Crippen LogP contribution in [0.4, 0.5) is 0 Å². The highest BCUT2D eigenvalue weighted by Crippen LogP contribution is 2.28. The number of pyridine rings is 1. The molecule has 1 aliphatic heterocycles. The molecule has 2 heterocycles. The van der Waals surface area contributed by atoms with Crippen LogP contribution < -0.4 is 5.32 Å². The Morgan fingerprint density at radius 2 is 2.05 bits per heavy atom. The van der Waals surface area contributed by atoms with Gasteiger partial charge in [-0.1, -0.05) is 31.2 Å². The average Bonchev–Trinajstić information content (AvgIpc) is 3.04. The lowest BCUT2D eigenvalue weighted by molar-refractivity contribution is -0.0529. The molecule has 0 amide bonds. The first-order valence-corrected chi connectivity index (χ1v) is 7.67. The SMILES string of the molecule is CCCNC(CC1OCCO1)c1cncc2ccccc12. The van der Waals surface area contributed by atoms with Gasteiger partial charge in [0.15, 0.2) is 6.29 Å². The maximum atomic E-state index is 5.61. The second-order valence-corrected chi connectivity index (χ2v) is 5.36. The summed E-state index contributed by atoms with van der Waals surface area (Å²) in [4.78, 5) is 4.39. The van der Waals surface area contributed by atoms with Gasteiger partial charge in [0, 0.05) is 30.2 Å². The third kappa shape index (κ3) is 3.40. The number of ether oxygens (including phenoxy) is 2. The van der Waals surface area contributed by atoms with Gasteiger partial charge in [-0.3, -0.25) is 4.98 Å².